The predicted octanol–water partition coefficient (Wildman–Crippen LogP) is 1.60. The Morgan fingerprint density at radius 3 is 2.74 bits per heavy atom. The van der Waals surface area contributed by atoms with Crippen LogP contribution in [0.5, 0.6) is 0 Å². The number of sulfonamides is 1. The van der Waals surface area contributed by atoms with E-state index >= 15 is 0 Å². The van der Waals surface area contributed by atoms with Crippen molar-refractivity contribution in [2.45, 2.75) is 18.9 Å². The molecule has 0 amide bonds. The summed E-state index contributed by atoms with van der Waals surface area (Å²) in [7, 11) is -3.47. The molecule has 0 aromatic heterocycles. The Labute approximate surface area is 117 Å². The summed E-state index contributed by atoms with van der Waals surface area (Å²) in [4.78, 5) is 0. The van der Waals surface area contributed by atoms with Gasteiger partial charge in [0.1, 0.15) is 0 Å². The summed E-state index contributed by atoms with van der Waals surface area (Å²) in [6, 6.07) is 8.58. The molecule has 19 heavy (non-hydrogen) atoms. The third kappa shape index (κ3) is 5.57. The first kappa shape index (κ1) is 15.9. The molecule has 0 radical (unpaired) electrons. The van der Waals surface area contributed by atoms with E-state index in [1.54, 1.807) is 24.3 Å². The van der Waals surface area contributed by atoms with Crippen LogP contribution in [0.15, 0.2) is 24.3 Å². The minimum atomic E-state index is -3.47. The molecule has 0 bridgehead atoms. The summed E-state index contributed by atoms with van der Waals surface area (Å²) in [5.41, 5.74) is 0.476. The SMILES string of the molecule is N#CCCCS(=O)(=O)NCC(O)c1ccccc1Cl. The molecule has 0 saturated heterocycles. The summed E-state index contributed by atoms with van der Waals surface area (Å²) in [6.45, 7) is -0.140. The van der Waals surface area contributed by atoms with Crippen LogP contribution in [0.2, 0.25) is 5.02 Å². The maximum absolute atomic E-state index is 11.6. The van der Waals surface area contributed by atoms with Crippen molar-refractivity contribution < 1.29 is 13.5 Å². The highest BCUT2D eigenvalue weighted by molar-refractivity contribution is 7.89. The predicted molar refractivity (Wildman–Crippen MR) is 73.0 cm³/mol. The van der Waals surface area contributed by atoms with Crippen molar-refractivity contribution in [2.75, 3.05) is 12.3 Å². The van der Waals surface area contributed by atoms with Gasteiger partial charge in [-0.25, -0.2) is 13.1 Å². The van der Waals surface area contributed by atoms with Crippen LogP contribution in [0.25, 0.3) is 0 Å². The van der Waals surface area contributed by atoms with Gasteiger partial charge in [-0.15, -0.1) is 0 Å². The number of nitriles is 1. The zero-order valence-electron chi connectivity index (χ0n) is 10.2. The quantitative estimate of drug-likeness (QED) is 0.749. The molecule has 0 aliphatic rings. The number of benzene rings is 1. The van der Waals surface area contributed by atoms with E-state index in [1.165, 1.54) is 0 Å². The van der Waals surface area contributed by atoms with Crippen LogP contribution in [-0.2, 0) is 10.0 Å². The lowest BCUT2D eigenvalue weighted by molar-refractivity contribution is 0.182. The summed E-state index contributed by atoms with van der Waals surface area (Å²) in [5, 5.41) is 18.6. The van der Waals surface area contributed by atoms with Crippen molar-refractivity contribution in [3.8, 4) is 6.07 Å². The van der Waals surface area contributed by atoms with Gasteiger partial charge in [0.25, 0.3) is 0 Å². The smallest absolute Gasteiger partial charge is 0.211 e. The van der Waals surface area contributed by atoms with Crippen LogP contribution in [0.4, 0.5) is 0 Å². The van der Waals surface area contributed by atoms with Crippen LogP contribution in [0.1, 0.15) is 24.5 Å². The van der Waals surface area contributed by atoms with Crippen LogP contribution < -0.4 is 4.72 Å². The Morgan fingerprint density at radius 1 is 1.42 bits per heavy atom. The number of halogens is 1. The van der Waals surface area contributed by atoms with E-state index in [4.69, 9.17) is 16.9 Å². The second-order valence-electron chi connectivity index (χ2n) is 3.97. The molecule has 0 spiro atoms. The van der Waals surface area contributed by atoms with Gasteiger partial charge in [-0.05, 0) is 12.5 Å². The van der Waals surface area contributed by atoms with Gasteiger partial charge in [0.2, 0.25) is 10.0 Å². The highest BCUT2D eigenvalue weighted by Gasteiger charge is 2.15. The fraction of sp³-hybridized carbons (Fsp3) is 0.417. The molecule has 0 heterocycles. The zero-order valence-corrected chi connectivity index (χ0v) is 11.8. The van der Waals surface area contributed by atoms with E-state index < -0.39 is 16.1 Å². The van der Waals surface area contributed by atoms with E-state index in [-0.39, 0.29) is 25.1 Å². The van der Waals surface area contributed by atoms with Crippen LogP contribution in [0.3, 0.4) is 0 Å². The van der Waals surface area contributed by atoms with Crippen LogP contribution in [-0.4, -0.2) is 25.8 Å². The third-order valence-corrected chi connectivity index (χ3v) is 4.24. The standard InChI is InChI=1S/C12H15ClN2O3S/c13-11-6-2-1-5-10(11)12(16)9-15-19(17,18)8-4-3-7-14/h1-2,5-6,12,15-16H,3-4,8-9H2. The normalized spacial score (nSPS) is 12.9. The van der Waals surface area contributed by atoms with E-state index in [0.717, 1.165) is 0 Å². The van der Waals surface area contributed by atoms with Gasteiger partial charge in [-0.2, -0.15) is 5.26 Å². The van der Waals surface area contributed by atoms with Gasteiger partial charge in [0.15, 0.2) is 0 Å². The first-order valence-corrected chi connectivity index (χ1v) is 7.76. The number of nitrogens with zero attached hydrogens (tertiary/aromatic N) is 1. The van der Waals surface area contributed by atoms with E-state index in [2.05, 4.69) is 4.72 Å². The number of unbranched alkanes of at least 4 members (excludes halogenated alkanes) is 1. The number of hydrogen-bond donors (Lipinski definition) is 2. The molecule has 1 aromatic carbocycles. The van der Waals surface area contributed by atoms with Crippen molar-refractivity contribution in [2.24, 2.45) is 0 Å². The second kappa shape index (κ2) is 7.46. The number of aliphatic hydroxyl groups excluding tert-OH is 1. The molecule has 1 aromatic rings. The summed E-state index contributed by atoms with van der Waals surface area (Å²) in [5.74, 6) is -0.129. The minimum Gasteiger partial charge on any atom is -0.387 e. The first-order valence-electron chi connectivity index (χ1n) is 5.73. The van der Waals surface area contributed by atoms with Gasteiger partial charge >= 0.3 is 0 Å². The molecule has 1 rings (SSSR count). The highest BCUT2D eigenvalue weighted by atomic mass is 35.5. The Morgan fingerprint density at radius 2 is 2.11 bits per heavy atom. The molecule has 5 nitrogen and oxygen atoms in total. The fourth-order valence-corrected chi connectivity index (χ4v) is 2.82. The fourth-order valence-electron chi connectivity index (χ4n) is 1.47. The molecule has 0 fully saturated rings. The second-order valence-corrected chi connectivity index (χ2v) is 6.30. The number of hydrogen-bond acceptors (Lipinski definition) is 4. The molecule has 0 aliphatic carbocycles. The molecule has 104 valence electrons. The molecular weight excluding hydrogens is 288 g/mol. The van der Waals surface area contributed by atoms with Gasteiger partial charge < -0.3 is 5.11 Å². The van der Waals surface area contributed by atoms with E-state index in [1.807, 2.05) is 6.07 Å². The summed E-state index contributed by atoms with van der Waals surface area (Å²) < 4.78 is 25.4. The summed E-state index contributed by atoms with van der Waals surface area (Å²) >= 11 is 5.90. The Hall–Kier alpha value is -1.13. The number of rotatable bonds is 7. The molecule has 7 heteroatoms. The first-order chi connectivity index (χ1) is 8.96. The molecule has 0 aliphatic heterocycles. The zero-order chi connectivity index (χ0) is 14.3. The van der Waals surface area contributed by atoms with Crippen molar-refractivity contribution >= 4 is 21.6 Å². The van der Waals surface area contributed by atoms with Crippen molar-refractivity contribution in [1.29, 1.82) is 5.26 Å². The van der Waals surface area contributed by atoms with Crippen LogP contribution in [0, 0.1) is 11.3 Å². The van der Waals surface area contributed by atoms with Crippen LogP contribution >= 0.6 is 11.6 Å². The van der Waals surface area contributed by atoms with Gasteiger partial charge in [0, 0.05) is 23.6 Å². The lowest BCUT2D eigenvalue weighted by Crippen LogP contribution is -2.30. The molecule has 1 atom stereocenters. The molecule has 1 unspecified atom stereocenters. The van der Waals surface area contributed by atoms with Gasteiger partial charge in [0.05, 0.1) is 17.9 Å². The van der Waals surface area contributed by atoms with Gasteiger partial charge in [-0.3, -0.25) is 0 Å². The molecule has 0 saturated carbocycles. The maximum atomic E-state index is 11.6. The number of aliphatic hydroxyl groups is 1. The van der Waals surface area contributed by atoms with Gasteiger partial charge in [-0.1, -0.05) is 29.8 Å². The largest absolute Gasteiger partial charge is 0.387 e. The monoisotopic (exact) mass is 302 g/mol. The van der Waals surface area contributed by atoms with Crippen molar-refractivity contribution in [3.63, 3.8) is 0 Å². The van der Waals surface area contributed by atoms with E-state index in [9.17, 15) is 13.5 Å². The Balaban J connectivity index is 2.53. The third-order valence-electron chi connectivity index (χ3n) is 2.46. The molecule has 2 N–H and O–H groups in total. The highest BCUT2D eigenvalue weighted by Crippen LogP contribution is 2.21. The lowest BCUT2D eigenvalue weighted by Gasteiger charge is -2.13. The van der Waals surface area contributed by atoms with E-state index in [0.29, 0.717) is 10.6 Å². The topological polar surface area (TPSA) is 90.2 Å². The Bertz CT molecular complexity index is 554. The van der Waals surface area contributed by atoms with Crippen molar-refractivity contribution in [1.82, 2.24) is 4.72 Å². The maximum Gasteiger partial charge on any atom is 0.211 e. The number of nitrogens with one attached hydrogen (secondary N) is 1. The lowest BCUT2D eigenvalue weighted by atomic mass is 10.1. The Kier molecular flexibility index (Phi) is 6.25. The minimum absolute atomic E-state index is 0.129. The average molecular weight is 303 g/mol. The molecular formula is C12H15ClN2O3S. The summed E-state index contributed by atoms with van der Waals surface area (Å²) in [6.07, 6.45) is -0.540. The van der Waals surface area contributed by atoms with Crippen molar-refractivity contribution in [3.05, 3.63) is 34.9 Å². The average Bonchev–Trinajstić information content (AvgIpc) is 2.37.